The molecule has 3 rings (SSSR count). The zero-order valence-corrected chi connectivity index (χ0v) is 16.6. The maximum absolute atomic E-state index is 12.8. The van der Waals surface area contributed by atoms with E-state index in [1.54, 1.807) is 29.2 Å². The van der Waals surface area contributed by atoms with Crippen LogP contribution in [-0.4, -0.2) is 55.9 Å². The van der Waals surface area contributed by atoms with Gasteiger partial charge in [-0.25, -0.2) is 13.2 Å². The minimum atomic E-state index is -3.54. The van der Waals surface area contributed by atoms with E-state index in [1.165, 1.54) is 23.6 Å². The number of hydrogen-bond acceptors (Lipinski definition) is 3. The molecular weight excluding hydrogens is 406 g/mol. The van der Waals surface area contributed by atoms with Gasteiger partial charge in [0.2, 0.25) is 10.0 Å². The summed E-state index contributed by atoms with van der Waals surface area (Å²) in [5.41, 5.74) is 0. The SMILES string of the molecule is O=C(NC1CCCCC1)N1CCN(S(=O)(=O)c2ccccc2Br)CC1. The summed E-state index contributed by atoms with van der Waals surface area (Å²) >= 11 is 3.31. The molecule has 1 saturated carbocycles. The largest absolute Gasteiger partial charge is 0.335 e. The highest BCUT2D eigenvalue weighted by Crippen LogP contribution is 2.25. The van der Waals surface area contributed by atoms with Crippen LogP contribution in [0.4, 0.5) is 4.79 Å². The number of sulfonamides is 1. The van der Waals surface area contributed by atoms with Gasteiger partial charge in [0.25, 0.3) is 0 Å². The first-order valence-corrected chi connectivity index (χ1v) is 11.0. The molecule has 8 heteroatoms. The Kier molecular flexibility index (Phi) is 6.01. The monoisotopic (exact) mass is 429 g/mol. The van der Waals surface area contributed by atoms with Crippen LogP contribution < -0.4 is 5.32 Å². The molecule has 1 aliphatic heterocycles. The molecule has 1 N–H and O–H groups in total. The summed E-state index contributed by atoms with van der Waals surface area (Å²) in [4.78, 5) is 14.4. The second-order valence-electron chi connectivity index (χ2n) is 6.61. The van der Waals surface area contributed by atoms with Crippen molar-refractivity contribution in [2.75, 3.05) is 26.2 Å². The Morgan fingerprint density at radius 2 is 1.68 bits per heavy atom. The molecule has 2 amide bonds. The summed E-state index contributed by atoms with van der Waals surface area (Å²) in [6.45, 7) is 1.48. The average molecular weight is 430 g/mol. The van der Waals surface area contributed by atoms with Gasteiger partial charge in [0, 0.05) is 36.7 Å². The van der Waals surface area contributed by atoms with E-state index in [0.717, 1.165) is 12.8 Å². The predicted octanol–water partition coefficient (Wildman–Crippen LogP) is 2.80. The number of rotatable bonds is 3. The van der Waals surface area contributed by atoms with E-state index < -0.39 is 10.0 Å². The van der Waals surface area contributed by atoms with Crippen molar-refractivity contribution < 1.29 is 13.2 Å². The van der Waals surface area contributed by atoms with Gasteiger partial charge in [0.1, 0.15) is 0 Å². The molecule has 1 aromatic carbocycles. The van der Waals surface area contributed by atoms with Gasteiger partial charge in [-0.1, -0.05) is 31.4 Å². The van der Waals surface area contributed by atoms with E-state index in [1.807, 2.05) is 0 Å². The zero-order chi connectivity index (χ0) is 17.9. The highest BCUT2D eigenvalue weighted by Gasteiger charge is 2.31. The molecule has 0 unspecified atom stereocenters. The van der Waals surface area contributed by atoms with Crippen molar-refractivity contribution in [3.05, 3.63) is 28.7 Å². The van der Waals surface area contributed by atoms with Gasteiger partial charge < -0.3 is 10.2 Å². The zero-order valence-electron chi connectivity index (χ0n) is 14.2. The van der Waals surface area contributed by atoms with Gasteiger partial charge >= 0.3 is 6.03 Å². The Hall–Kier alpha value is -1.12. The maximum atomic E-state index is 12.8. The van der Waals surface area contributed by atoms with E-state index in [0.29, 0.717) is 30.7 Å². The molecule has 6 nitrogen and oxygen atoms in total. The lowest BCUT2D eigenvalue weighted by Crippen LogP contribution is -2.54. The molecule has 2 aliphatic rings. The lowest BCUT2D eigenvalue weighted by atomic mass is 9.96. The summed E-state index contributed by atoms with van der Waals surface area (Å²) in [6, 6.07) is 7.03. The first-order chi connectivity index (χ1) is 12.0. The number of piperazine rings is 1. The minimum Gasteiger partial charge on any atom is -0.335 e. The van der Waals surface area contributed by atoms with Crippen LogP contribution >= 0.6 is 15.9 Å². The molecule has 0 aromatic heterocycles. The van der Waals surface area contributed by atoms with Crippen molar-refractivity contribution in [3.8, 4) is 0 Å². The number of halogens is 1. The topological polar surface area (TPSA) is 69.7 Å². The van der Waals surface area contributed by atoms with E-state index in [4.69, 9.17) is 0 Å². The van der Waals surface area contributed by atoms with Crippen LogP contribution in [-0.2, 0) is 10.0 Å². The number of amides is 2. The quantitative estimate of drug-likeness (QED) is 0.802. The summed E-state index contributed by atoms with van der Waals surface area (Å²) in [7, 11) is -3.54. The van der Waals surface area contributed by atoms with Gasteiger partial charge in [-0.2, -0.15) is 4.31 Å². The fraction of sp³-hybridized carbons (Fsp3) is 0.588. The van der Waals surface area contributed by atoms with Crippen LogP contribution in [0.5, 0.6) is 0 Å². The maximum Gasteiger partial charge on any atom is 0.317 e. The lowest BCUT2D eigenvalue weighted by Gasteiger charge is -2.35. The highest BCUT2D eigenvalue weighted by molar-refractivity contribution is 9.10. The van der Waals surface area contributed by atoms with E-state index in [2.05, 4.69) is 21.2 Å². The van der Waals surface area contributed by atoms with Crippen molar-refractivity contribution in [3.63, 3.8) is 0 Å². The van der Waals surface area contributed by atoms with E-state index in [-0.39, 0.29) is 17.0 Å². The summed E-state index contributed by atoms with van der Waals surface area (Å²) in [6.07, 6.45) is 5.67. The Morgan fingerprint density at radius 3 is 2.32 bits per heavy atom. The number of carbonyl (C=O) groups is 1. The van der Waals surface area contributed by atoms with Crippen LogP contribution in [0.25, 0.3) is 0 Å². The molecule has 1 saturated heterocycles. The molecule has 0 spiro atoms. The summed E-state index contributed by atoms with van der Waals surface area (Å²) in [5, 5.41) is 3.09. The lowest BCUT2D eigenvalue weighted by molar-refractivity contribution is 0.166. The number of benzene rings is 1. The van der Waals surface area contributed by atoms with Crippen molar-refractivity contribution in [1.82, 2.24) is 14.5 Å². The fourth-order valence-corrected chi connectivity index (χ4v) is 5.82. The molecule has 25 heavy (non-hydrogen) atoms. The Balaban J connectivity index is 1.58. The van der Waals surface area contributed by atoms with Gasteiger partial charge in [-0.15, -0.1) is 0 Å². The van der Waals surface area contributed by atoms with Gasteiger partial charge in [0.15, 0.2) is 0 Å². The van der Waals surface area contributed by atoms with Crippen LogP contribution in [0.1, 0.15) is 32.1 Å². The fourth-order valence-electron chi connectivity index (χ4n) is 3.44. The van der Waals surface area contributed by atoms with Crippen LogP contribution in [0, 0.1) is 0 Å². The predicted molar refractivity (Wildman–Crippen MR) is 99.9 cm³/mol. The Morgan fingerprint density at radius 1 is 1.04 bits per heavy atom. The first kappa shape index (κ1) is 18.7. The molecule has 1 aromatic rings. The Bertz CT molecular complexity index is 712. The molecule has 1 aliphatic carbocycles. The number of nitrogens with one attached hydrogen (secondary N) is 1. The molecule has 138 valence electrons. The second-order valence-corrected chi connectivity index (χ2v) is 9.37. The van der Waals surface area contributed by atoms with Crippen LogP contribution in [0.2, 0.25) is 0 Å². The summed E-state index contributed by atoms with van der Waals surface area (Å²) < 4.78 is 27.6. The third kappa shape index (κ3) is 4.35. The van der Waals surface area contributed by atoms with Crippen molar-refractivity contribution in [2.24, 2.45) is 0 Å². The van der Waals surface area contributed by atoms with Crippen molar-refractivity contribution in [1.29, 1.82) is 0 Å². The average Bonchev–Trinajstić information content (AvgIpc) is 2.63. The highest BCUT2D eigenvalue weighted by atomic mass is 79.9. The second kappa shape index (κ2) is 8.05. The molecule has 0 radical (unpaired) electrons. The van der Waals surface area contributed by atoms with Gasteiger partial charge in [0.05, 0.1) is 4.90 Å². The van der Waals surface area contributed by atoms with Crippen LogP contribution in [0.3, 0.4) is 0 Å². The molecule has 1 heterocycles. The third-order valence-electron chi connectivity index (χ3n) is 4.91. The summed E-state index contributed by atoms with van der Waals surface area (Å²) in [5.74, 6) is 0. The Labute approximate surface area is 157 Å². The van der Waals surface area contributed by atoms with Gasteiger partial charge in [-0.3, -0.25) is 0 Å². The first-order valence-electron chi connectivity index (χ1n) is 8.78. The molecule has 0 atom stereocenters. The van der Waals surface area contributed by atoms with E-state index in [9.17, 15) is 13.2 Å². The minimum absolute atomic E-state index is 0.0650. The molecule has 0 bridgehead atoms. The molecule has 2 fully saturated rings. The third-order valence-corrected chi connectivity index (χ3v) is 7.82. The number of hydrogen-bond donors (Lipinski definition) is 1. The van der Waals surface area contributed by atoms with Crippen LogP contribution in [0.15, 0.2) is 33.6 Å². The standard InChI is InChI=1S/C17H24BrN3O3S/c18-15-8-4-5-9-16(15)25(23,24)21-12-10-20(11-13-21)17(22)19-14-6-2-1-3-7-14/h4-5,8-9,14H,1-3,6-7,10-13H2,(H,19,22). The van der Waals surface area contributed by atoms with Crippen molar-refractivity contribution in [2.45, 2.75) is 43.0 Å². The number of nitrogens with zero attached hydrogens (tertiary/aromatic N) is 2. The van der Waals surface area contributed by atoms with Crippen molar-refractivity contribution >= 4 is 32.0 Å². The molecular formula is C17H24BrN3O3S. The number of urea groups is 1. The van der Waals surface area contributed by atoms with Gasteiger partial charge in [-0.05, 0) is 40.9 Å². The smallest absolute Gasteiger partial charge is 0.317 e. The van der Waals surface area contributed by atoms with E-state index >= 15 is 0 Å². The number of carbonyl (C=O) groups excluding carboxylic acids is 1. The normalized spacial score (nSPS) is 20.4.